The first kappa shape index (κ1) is 21.1. The van der Waals surface area contributed by atoms with Crippen molar-refractivity contribution in [3.05, 3.63) is 62.6 Å². The summed E-state index contributed by atoms with van der Waals surface area (Å²) in [4.78, 5) is 16.4. The van der Waals surface area contributed by atoms with Crippen LogP contribution in [-0.4, -0.2) is 22.3 Å². The van der Waals surface area contributed by atoms with Crippen LogP contribution in [0.2, 0.25) is 15.1 Å². The quantitative estimate of drug-likeness (QED) is 0.547. The van der Waals surface area contributed by atoms with Crippen LogP contribution in [0.25, 0.3) is 0 Å². The van der Waals surface area contributed by atoms with Crippen molar-refractivity contribution in [3.8, 4) is 0 Å². The average Bonchev–Trinajstić information content (AvgIpc) is 3.00. The Bertz CT molecular complexity index is 964. The standard InChI is InChI=1S/C17H9Cl3F3NO3S/c18-9-3-8(4-10(19)5-9)16(17(21,22)23)7-14(24-27-16)28-11-1-2-13(20)12(6-11)15(25)26/h1-6H,7H2,(H,25,26). The molecule has 1 heterocycles. The highest BCUT2D eigenvalue weighted by Crippen LogP contribution is 2.50. The van der Waals surface area contributed by atoms with Gasteiger partial charge in [0.25, 0.3) is 5.60 Å². The van der Waals surface area contributed by atoms with Gasteiger partial charge in [-0.3, -0.25) is 0 Å². The number of carboxylic acids is 1. The van der Waals surface area contributed by atoms with Gasteiger partial charge in [0.15, 0.2) is 0 Å². The lowest BCUT2D eigenvalue weighted by Gasteiger charge is -2.29. The van der Waals surface area contributed by atoms with E-state index in [0.717, 1.165) is 23.9 Å². The van der Waals surface area contributed by atoms with Crippen molar-refractivity contribution in [1.82, 2.24) is 0 Å². The maximum atomic E-state index is 13.9. The van der Waals surface area contributed by atoms with Crippen molar-refractivity contribution < 1.29 is 27.9 Å². The van der Waals surface area contributed by atoms with Crippen LogP contribution >= 0.6 is 46.6 Å². The number of rotatable bonds is 3. The molecule has 1 aliphatic heterocycles. The number of alkyl halides is 3. The second-order valence-corrected chi connectivity index (χ2v) is 8.21. The summed E-state index contributed by atoms with van der Waals surface area (Å²) in [5.74, 6) is -1.25. The molecule has 4 nitrogen and oxygen atoms in total. The Kier molecular flexibility index (Phi) is 5.78. The lowest BCUT2D eigenvalue weighted by atomic mass is 9.90. The maximum Gasteiger partial charge on any atom is 0.435 e. The van der Waals surface area contributed by atoms with Gasteiger partial charge >= 0.3 is 12.1 Å². The summed E-state index contributed by atoms with van der Waals surface area (Å²) in [7, 11) is 0. The molecule has 0 aromatic heterocycles. The van der Waals surface area contributed by atoms with Gasteiger partial charge in [-0.05, 0) is 36.4 Å². The second-order valence-electron chi connectivity index (χ2n) is 5.78. The van der Waals surface area contributed by atoms with E-state index in [2.05, 4.69) is 5.16 Å². The normalized spacial score (nSPS) is 19.3. The molecule has 0 saturated carbocycles. The fourth-order valence-corrected chi connectivity index (χ4v) is 4.25. The van der Waals surface area contributed by atoms with Gasteiger partial charge in [-0.2, -0.15) is 13.2 Å². The third kappa shape index (κ3) is 4.05. The summed E-state index contributed by atoms with van der Waals surface area (Å²) in [5.41, 5.74) is -3.19. The summed E-state index contributed by atoms with van der Waals surface area (Å²) in [6.45, 7) is 0. The van der Waals surface area contributed by atoms with E-state index in [-0.39, 0.29) is 31.2 Å². The number of nitrogens with zero attached hydrogens (tertiary/aromatic N) is 1. The van der Waals surface area contributed by atoms with Gasteiger partial charge in [0.1, 0.15) is 5.04 Å². The molecular weight excluding hydrogens is 462 g/mol. The molecule has 0 amide bonds. The topological polar surface area (TPSA) is 58.9 Å². The van der Waals surface area contributed by atoms with Crippen LogP contribution in [0.15, 0.2) is 46.4 Å². The first-order valence-corrected chi connectivity index (χ1v) is 9.46. The van der Waals surface area contributed by atoms with Gasteiger partial charge in [0.2, 0.25) is 0 Å². The lowest BCUT2D eigenvalue weighted by Crippen LogP contribution is -2.42. The number of hydrogen-bond donors (Lipinski definition) is 1. The zero-order chi connectivity index (χ0) is 20.7. The number of benzene rings is 2. The van der Waals surface area contributed by atoms with Crippen molar-refractivity contribution in [2.24, 2.45) is 5.16 Å². The molecule has 2 aromatic carbocycles. The van der Waals surface area contributed by atoms with Crippen LogP contribution in [0.4, 0.5) is 13.2 Å². The van der Waals surface area contributed by atoms with E-state index in [0.29, 0.717) is 4.90 Å². The number of oxime groups is 1. The maximum absolute atomic E-state index is 13.9. The fraction of sp³-hybridized carbons (Fsp3) is 0.176. The summed E-state index contributed by atoms with van der Waals surface area (Å²) in [5, 5.41) is 12.8. The zero-order valence-corrected chi connectivity index (χ0v) is 16.6. The Balaban J connectivity index is 1.92. The number of hydrogen-bond acceptors (Lipinski definition) is 4. The van der Waals surface area contributed by atoms with Gasteiger partial charge in [-0.15, -0.1) is 0 Å². The molecule has 0 radical (unpaired) electrons. The Morgan fingerprint density at radius 1 is 1.14 bits per heavy atom. The summed E-state index contributed by atoms with van der Waals surface area (Å²) >= 11 is 18.4. The molecule has 1 unspecified atom stereocenters. The Morgan fingerprint density at radius 3 is 2.36 bits per heavy atom. The molecule has 0 fully saturated rings. The van der Waals surface area contributed by atoms with Crippen molar-refractivity contribution in [2.45, 2.75) is 23.1 Å². The van der Waals surface area contributed by atoms with Gasteiger partial charge in [0, 0.05) is 20.5 Å². The fourth-order valence-electron chi connectivity index (χ4n) is 2.59. The van der Waals surface area contributed by atoms with E-state index >= 15 is 0 Å². The molecule has 0 bridgehead atoms. The highest BCUT2D eigenvalue weighted by atomic mass is 35.5. The minimum absolute atomic E-state index is 0.00656. The SMILES string of the molecule is O=C(O)c1cc(SC2=NOC(c3cc(Cl)cc(Cl)c3)(C(F)(F)F)C2)ccc1Cl. The molecule has 0 saturated heterocycles. The van der Waals surface area contributed by atoms with E-state index in [4.69, 9.17) is 44.7 Å². The number of halogens is 6. The van der Waals surface area contributed by atoms with E-state index in [1.807, 2.05) is 0 Å². The van der Waals surface area contributed by atoms with Crippen molar-refractivity contribution in [1.29, 1.82) is 0 Å². The van der Waals surface area contributed by atoms with Gasteiger partial charge in [-0.1, -0.05) is 51.7 Å². The molecule has 2 aromatic rings. The first-order valence-electron chi connectivity index (χ1n) is 7.51. The Morgan fingerprint density at radius 2 is 1.79 bits per heavy atom. The zero-order valence-electron chi connectivity index (χ0n) is 13.6. The van der Waals surface area contributed by atoms with Crippen molar-refractivity contribution in [3.63, 3.8) is 0 Å². The molecule has 11 heteroatoms. The van der Waals surface area contributed by atoms with Gasteiger partial charge in [0.05, 0.1) is 17.0 Å². The third-order valence-corrected chi connectivity index (χ3v) is 5.60. The minimum atomic E-state index is -4.81. The largest absolute Gasteiger partial charge is 0.478 e. The van der Waals surface area contributed by atoms with E-state index in [1.54, 1.807) is 0 Å². The van der Waals surface area contributed by atoms with Crippen LogP contribution in [0.5, 0.6) is 0 Å². The molecule has 28 heavy (non-hydrogen) atoms. The Labute approximate surface area is 176 Å². The molecule has 3 rings (SSSR count). The average molecular weight is 471 g/mol. The lowest BCUT2D eigenvalue weighted by molar-refractivity contribution is -0.275. The molecule has 0 spiro atoms. The molecule has 1 aliphatic rings. The molecule has 1 N–H and O–H groups in total. The highest BCUT2D eigenvalue weighted by Gasteiger charge is 2.62. The number of carboxylic acid groups (broad SMARTS) is 1. The van der Waals surface area contributed by atoms with Crippen LogP contribution in [0.1, 0.15) is 22.3 Å². The summed E-state index contributed by atoms with van der Waals surface area (Å²) in [6.07, 6.45) is -5.43. The monoisotopic (exact) mass is 469 g/mol. The minimum Gasteiger partial charge on any atom is -0.478 e. The second kappa shape index (κ2) is 7.67. The van der Waals surface area contributed by atoms with Crippen molar-refractivity contribution >= 4 is 57.6 Å². The summed E-state index contributed by atoms with van der Waals surface area (Å²) in [6, 6.07) is 7.62. The molecule has 0 aliphatic carbocycles. The predicted octanol–water partition coefficient (Wildman–Crippen LogP) is 6.63. The van der Waals surface area contributed by atoms with E-state index in [9.17, 15) is 18.0 Å². The van der Waals surface area contributed by atoms with Crippen LogP contribution in [0.3, 0.4) is 0 Å². The number of carbonyl (C=O) groups is 1. The number of aromatic carboxylic acids is 1. The summed E-state index contributed by atoms with van der Waals surface area (Å²) < 4.78 is 41.7. The van der Waals surface area contributed by atoms with E-state index in [1.165, 1.54) is 24.3 Å². The Hall–Kier alpha value is -1.61. The van der Waals surface area contributed by atoms with Gasteiger partial charge in [-0.25, -0.2) is 4.79 Å². The van der Waals surface area contributed by atoms with Crippen LogP contribution < -0.4 is 0 Å². The molecular formula is C17H9Cl3F3NO3S. The highest BCUT2D eigenvalue weighted by molar-refractivity contribution is 8.14. The molecule has 148 valence electrons. The van der Waals surface area contributed by atoms with Crippen LogP contribution in [0, 0.1) is 0 Å². The third-order valence-electron chi connectivity index (χ3n) is 3.89. The van der Waals surface area contributed by atoms with Crippen LogP contribution in [-0.2, 0) is 10.4 Å². The first-order chi connectivity index (χ1) is 13.0. The smallest absolute Gasteiger partial charge is 0.435 e. The van der Waals surface area contributed by atoms with Gasteiger partial charge < -0.3 is 9.94 Å². The predicted molar refractivity (Wildman–Crippen MR) is 102 cm³/mol. The molecule has 1 atom stereocenters. The van der Waals surface area contributed by atoms with Crippen molar-refractivity contribution in [2.75, 3.05) is 0 Å². The van der Waals surface area contributed by atoms with E-state index < -0.39 is 24.2 Å². The number of thioether (sulfide) groups is 1.